The Morgan fingerprint density at radius 3 is 2.72 bits per heavy atom. The molecule has 0 spiro atoms. The summed E-state index contributed by atoms with van der Waals surface area (Å²) in [5.74, 6) is 1.50. The zero-order valence-corrected chi connectivity index (χ0v) is 10.4. The number of methoxy groups -OCH3 is 2. The monoisotopic (exact) mass is 245 g/mol. The van der Waals surface area contributed by atoms with E-state index in [4.69, 9.17) is 9.47 Å². The van der Waals surface area contributed by atoms with Crippen LogP contribution in [-0.4, -0.2) is 25.1 Å². The number of carbonyl (C=O) groups is 1. The molecule has 94 valence electrons. The molecule has 0 amide bonds. The summed E-state index contributed by atoms with van der Waals surface area (Å²) in [4.78, 5) is 10.9. The second-order valence-electron chi connectivity index (χ2n) is 3.86. The van der Waals surface area contributed by atoms with Gasteiger partial charge in [0, 0.05) is 17.8 Å². The molecule has 4 heteroatoms. The Labute approximate surface area is 106 Å². The van der Waals surface area contributed by atoms with Crippen LogP contribution in [-0.2, 0) is 6.54 Å². The lowest BCUT2D eigenvalue weighted by Gasteiger charge is -2.12. The molecule has 0 radical (unpaired) electrons. The maximum atomic E-state index is 10.9. The average Bonchev–Trinajstić information content (AvgIpc) is 2.86. The van der Waals surface area contributed by atoms with Gasteiger partial charge in [-0.25, -0.2) is 0 Å². The maximum absolute atomic E-state index is 10.9. The van der Waals surface area contributed by atoms with Gasteiger partial charge in [-0.3, -0.25) is 4.79 Å². The third kappa shape index (κ3) is 2.37. The van der Waals surface area contributed by atoms with E-state index < -0.39 is 0 Å². The van der Waals surface area contributed by atoms with Crippen LogP contribution in [0.15, 0.2) is 36.5 Å². The van der Waals surface area contributed by atoms with Gasteiger partial charge in [0.1, 0.15) is 11.5 Å². The van der Waals surface area contributed by atoms with Crippen molar-refractivity contribution < 1.29 is 14.3 Å². The van der Waals surface area contributed by atoms with E-state index >= 15 is 0 Å². The molecule has 1 heterocycles. The topological polar surface area (TPSA) is 40.5 Å². The van der Waals surface area contributed by atoms with Gasteiger partial charge in [0.15, 0.2) is 6.29 Å². The van der Waals surface area contributed by atoms with Gasteiger partial charge in [0.2, 0.25) is 0 Å². The predicted molar refractivity (Wildman–Crippen MR) is 68.5 cm³/mol. The summed E-state index contributed by atoms with van der Waals surface area (Å²) >= 11 is 0. The van der Waals surface area contributed by atoms with Gasteiger partial charge < -0.3 is 14.0 Å². The third-order valence-corrected chi connectivity index (χ3v) is 2.82. The van der Waals surface area contributed by atoms with Crippen molar-refractivity contribution in [2.24, 2.45) is 0 Å². The molecule has 1 aromatic heterocycles. The van der Waals surface area contributed by atoms with E-state index in [0.717, 1.165) is 23.3 Å². The van der Waals surface area contributed by atoms with Crippen molar-refractivity contribution in [2.75, 3.05) is 14.2 Å². The molecule has 0 unspecified atom stereocenters. The summed E-state index contributed by atoms with van der Waals surface area (Å²) in [5.41, 5.74) is 1.64. The fourth-order valence-corrected chi connectivity index (χ4v) is 1.84. The average molecular weight is 245 g/mol. The third-order valence-electron chi connectivity index (χ3n) is 2.82. The van der Waals surface area contributed by atoms with Crippen molar-refractivity contribution in [3.63, 3.8) is 0 Å². The number of nitrogens with zero attached hydrogens (tertiary/aromatic N) is 1. The van der Waals surface area contributed by atoms with Crippen LogP contribution in [0.5, 0.6) is 11.5 Å². The Bertz CT molecular complexity index is 546. The van der Waals surface area contributed by atoms with Gasteiger partial charge in [-0.05, 0) is 24.3 Å². The van der Waals surface area contributed by atoms with E-state index in [1.54, 1.807) is 20.3 Å². The number of hydrogen-bond donors (Lipinski definition) is 0. The molecule has 0 aliphatic rings. The largest absolute Gasteiger partial charge is 0.497 e. The first-order valence-corrected chi connectivity index (χ1v) is 5.59. The number of ether oxygens (including phenoxy) is 2. The second kappa shape index (κ2) is 5.40. The number of aldehydes is 1. The SMILES string of the molecule is COc1ccc(Cn2cccc2C=O)c(OC)c1. The molecule has 18 heavy (non-hydrogen) atoms. The van der Waals surface area contributed by atoms with Crippen LogP contribution in [0.3, 0.4) is 0 Å². The van der Waals surface area contributed by atoms with Crippen LogP contribution in [0, 0.1) is 0 Å². The number of hydrogen-bond acceptors (Lipinski definition) is 3. The van der Waals surface area contributed by atoms with Crippen molar-refractivity contribution in [3.8, 4) is 11.5 Å². The van der Waals surface area contributed by atoms with Gasteiger partial charge in [0.25, 0.3) is 0 Å². The van der Waals surface area contributed by atoms with Gasteiger partial charge in [-0.2, -0.15) is 0 Å². The molecule has 0 atom stereocenters. The second-order valence-corrected chi connectivity index (χ2v) is 3.86. The maximum Gasteiger partial charge on any atom is 0.166 e. The Morgan fingerprint density at radius 2 is 2.06 bits per heavy atom. The first kappa shape index (κ1) is 12.2. The lowest BCUT2D eigenvalue weighted by molar-refractivity contribution is 0.111. The van der Waals surface area contributed by atoms with E-state index in [2.05, 4.69) is 0 Å². The normalized spacial score (nSPS) is 10.1. The number of carbonyl (C=O) groups excluding carboxylic acids is 1. The summed E-state index contributed by atoms with van der Waals surface area (Å²) in [5, 5.41) is 0. The van der Waals surface area contributed by atoms with Crippen molar-refractivity contribution in [1.29, 1.82) is 0 Å². The lowest BCUT2D eigenvalue weighted by atomic mass is 10.2. The van der Waals surface area contributed by atoms with E-state index in [0.29, 0.717) is 12.2 Å². The predicted octanol–water partition coefficient (Wildman–Crippen LogP) is 2.37. The fourth-order valence-electron chi connectivity index (χ4n) is 1.84. The first-order valence-electron chi connectivity index (χ1n) is 5.59. The van der Waals surface area contributed by atoms with Crippen LogP contribution in [0.2, 0.25) is 0 Å². The van der Waals surface area contributed by atoms with E-state index in [1.165, 1.54) is 0 Å². The van der Waals surface area contributed by atoms with Gasteiger partial charge >= 0.3 is 0 Å². The van der Waals surface area contributed by atoms with E-state index in [-0.39, 0.29) is 0 Å². The highest BCUT2D eigenvalue weighted by Gasteiger charge is 2.07. The fraction of sp³-hybridized carbons (Fsp3) is 0.214. The molecule has 2 aromatic rings. The van der Waals surface area contributed by atoms with Gasteiger partial charge in [-0.1, -0.05) is 0 Å². The molecule has 0 aliphatic heterocycles. The van der Waals surface area contributed by atoms with Crippen LogP contribution in [0.25, 0.3) is 0 Å². The number of aromatic nitrogens is 1. The van der Waals surface area contributed by atoms with Crippen molar-refractivity contribution in [2.45, 2.75) is 6.54 Å². The van der Waals surface area contributed by atoms with Crippen molar-refractivity contribution >= 4 is 6.29 Å². The minimum absolute atomic E-state index is 0.592. The highest BCUT2D eigenvalue weighted by molar-refractivity contribution is 5.72. The Kier molecular flexibility index (Phi) is 3.67. The smallest absolute Gasteiger partial charge is 0.166 e. The molecule has 0 fully saturated rings. The first-order chi connectivity index (χ1) is 8.78. The summed E-state index contributed by atoms with van der Waals surface area (Å²) < 4.78 is 12.3. The minimum Gasteiger partial charge on any atom is -0.497 e. The molecule has 0 aliphatic carbocycles. The summed E-state index contributed by atoms with van der Waals surface area (Å²) in [7, 11) is 3.24. The quantitative estimate of drug-likeness (QED) is 0.759. The molecular weight excluding hydrogens is 230 g/mol. The Balaban J connectivity index is 2.31. The van der Waals surface area contributed by atoms with Crippen molar-refractivity contribution in [3.05, 3.63) is 47.8 Å². The summed E-state index contributed by atoms with van der Waals surface area (Å²) in [6, 6.07) is 9.27. The van der Waals surface area contributed by atoms with Crippen LogP contribution >= 0.6 is 0 Å². The van der Waals surface area contributed by atoms with Crippen LogP contribution in [0.1, 0.15) is 16.1 Å². The highest BCUT2D eigenvalue weighted by atomic mass is 16.5. The molecule has 4 nitrogen and oxygen atoms in total. The minimum atomic E-state index is 0.592. The van der Waals surface area contributed by atoms with Gasteiger partial charge in [0.05, 0.1) is 26.5 Å². The molecule has 0 saturated carbocycles. The summed E-state index contributed by atoms with van der Waals surface area (Å²) in [6.45, 7) is 0.592. The highest BCUT2D eigenvalue weighted by Crippen LogP contribution is 2.25. The van der Waals surface area contributed by atoms with Crippen LogP contribution < -0.4 is 9.47 Å². The molecule has 0 saturated heterocycles. The molecule has 2 rings (SSSR count). The standard InChI is InChI=1S/C14H15NO3/c1-17-13-6-5-11(14(8-13)18-2)9-15-7-3-4-12(15)10-16/h3-8,10H,9H2,1-2H3. The van der Waals surface area contributed by atoms with E-state index in [1.807, 2.05) is 35.0 Å². The van der Waals surface area contributed by atoms with E-state index in [9.17, 15) is 4.79 Å². The number of rotatable bonds is 5. The molecule has 0 bridgehead atoms. The molecular formula is C14H15NO3. The Hall–Kier alpha value is -2.23. The van der Waals surface area contributed by atoms with Gasteiger partial charge in [-0.15, -0.1) is 0 Å². The molecule has 0 N–H and O–H groups in total. The number of benzene rings is 1. The zero-order chi connectivity index (χ0) is 13.0. The Morgan fingerprint density at radius 1 is 1.22 bits per heavy atom. The van der Waals surface area contributed by atoms with Crippen molar-refractivity contribution in [1.82, 2.24) is 4.57 Å². The van der Waals surface area contributed by atoms with Crippen LogP contribution in [0.4, 0.5) is 0 Å². The summed E-state index contributed by atoms with van der Waals surface area (Å²) in [6.07, 6.45) is 2.71. The zero-order valence-electron chi connectivity index (χ0n) is 10.4. The molecule has 1 aromatic carbocycles. The lowest BCUT2D eigenvalue weighted by Crippen LogP contribution is -2.04.